The van der Waals surface area contributed by atoms with Crippen molar-refractivity contribution in [2.75, 3.05) is 30.2 Å². The standard InChI is InChI=1S/C28H26F3N5O3/c1-17(33-26-16-32-15-23(36-26)19-10-11-24(38-2)25(13-19)39-3)18-6-4-8-21(12-18)34-27(37)35-22-9-5-7-20(14-22)28(29,30)31/h4-17H,1-3H3,(H,33,36)(H2,34,35,37)/t17-/m0/s1. The highest BCUT2D eigenvalue weighted by Gasteiger charge is 2.30. The van der Waals surface area contributed by atoms with Crippen molar-refractivity contribution in [3.63, 3.8) is 0 Å². The number of carbonyl (C=O) groups is 1. The van der Waals surface area contributed by atoms with E-state index in [2.05, 4.69) is 25.9 Å². The van der Waals surface area contributed by atoms with Gasteiger partial charge in [0.25, 0.3) is 0 Å². The smallest absolute Gasteiger partial charge is 0.416 e. The lowest BCUT2D eigenvalue weighted by atomic mass is 10.1. The highest BCUT2D eigenvalue weighted by Crippen LogP contribution is 2.32. The molecule has 202 valence electrons. The van der Waals surface area contributed by atoms with Crippen LogP contribution in [0.25, 0.3) is 11.3 Å². The Kier molecular flexibility index (Phi) is 8.18. The third-order valence-electron chi connectivity index (χ3n) is 5.77. The quantitative estimate of drug-likeness (QED) is 0.224. The molecule has 4 aromatic rings. The number of halogens is 3. The molecular weight excluding hydrogens is 511 g/mol. The van der Waals surface area contributed by atoms with Crippen molar-refractivity contribution in [2.45, 2.75) is 19.1 Å². The summed E-state index contributed by atoms with van der Waals surface area (Å²) in [7, 11) is 3.13. The maximum Gasteiger partial charge on any atom is 0.416 e. The number of amides is 2. The first-order chi connectivity index (χ1) is 18.7. The Morgan fingerprint density at radius 2 is 1.56 bits per heavy atom. The Balaban J connectivity index is 1.43. The summed E-state index contributed by atoms with van der Waals surface area (Å²) in [5.41, 5.74) is 1.92. The second kappa shape index (κ2) is 11.7. The van der Waals surface area contributed by atoms with Gasteiger partial charge in [-0.25, -0.2) is 9.78 Å². The number of carbonyl (C=O) groups excluding carboxylic acids is 1. The average Bonchev–Trinajstić information content (AvgIpc) is 2.92. The van der Waals surface area contributed by atoms with Crippen molar-refractivity contribution in [3.8, 4) is 22.8 Å². The van der Waals surface area contributed by atoms with Crippen LogP contribution < -0.4 is 25.4 Å². The molecule has 39 heavy (non-hydrogen) atoms. The van der Waals surface area contributed by atoms with E-state index >= 15 is 0 Å². The molecule has 4 rings (SSSR count). The molecule has 0 spiro atoms. The minimum Gasteiger partial charge on any atom is -0.493 e. The average molecular weight is 538 g/mol. The van der Waals surface area contributed by atoms with Gasteiger partial charge < -0.3 is 25.4 Å². The van der Waals surface area contributed by atoms with Crippen molar-refractivity contribution in [1.29, 1.82) is 0 Å². The molecule has 0 saturated heterocycles. The van der Waals surface area contributed by atoms with Gasteiger partial charge in [-0.2, -0.15) is 13.2 Å². The topological polar surface area (TPSA) is 97.4 Å². The molecule has 0 bridgehead atoms. The molecule has 1 aromatic heterocycles. The Bertz CT molecular complexity index is 1460. The van der Waals surface area contributed by atoms with Crippen molar-refractivity contribution in [2.24, 2.45) is 0 Å². The van der Waals surface area contributed by atoms with Crippen LogP contribution in [0.15, 0.2) is 79.1 Å². The minimum absolute atomic E-state index is 0.0291. The largest absolute Gasteiger partial charge is 0.493 e. The van der Waals surface area contributed by atoms with Gasteiger partial charge in [-0.05, 0) is 61.0 Å². The highest BCUT2D eigenvalue weighted by molar-refractivity contribution is 5.99. The summed E-state index contributed by atoms with van der Waals surface area (Å²) in [5, 5.41) is 8.37. The first-order valence-corrected chi connectivity index (χ1v) is 11.8. The molecule has 0 aliphatic carbocycles. The van der Waals surface area contributed by atoms with Crippen LogP contribution in [0.2, 0.25) is 0 Å². The van der Waals surface area contributed by atoms with Crippen LogP contribution in [0.5, 0.6) is 11.5 Å². The lowest BCUT2D eigenvalue weighted by Gasteiger charge is -2.17. The number of anilines is 3. The molecular formula is C28H26F3N5O3. The summed E-state index contributed by atoms with van der Waals surface area (Å²) in [4.78, 5) is 21.4. The van der Waals surface area contributed by atoms with Crippen LogP contribution in [0, 0.1) is 0 Å². The van der Waals surface area contributed by atoms with E-state index in [9.17, 15) is 18.0 Å². The van der Waals surface area contributed by atoms with Gasteiger partial charge in [-0.15, -0.1) is 0 Å². The highest BCUT2D eigenvalue weighted by atomic mass is 19.4. The fourth-order valence-corrected chi connectivity index (χ4v) is 3.83. The predicted octanol–water partition coefficient (Wildman–Crippen LogP) is 7.00. The number of urea groups is 1. The zero-order chi connectivity index (χ0) is 28.0. The number of nitrogens with one attached hydrogen (secondary N) is 3. The SMILES string of the molecule is COc1ccc(-c2cncc(N[C@@H](C)c3cccc(NC(=O)Nc4cccc(C(F)(F)F)c4)c3)n2)cc1OC. The molecule has 0 unspecified atom stereocenters. The van der Waals surface area contributed by atoms with Crippen LogP contribution >= 0.6 is 0 Å². The zero-order valence-corrected chi connectivity index (χ0v) is 21.3. The summed E-state index contributed by atoms with van der Waals surface area (Å²) >= 11 is 0. The predicted molar refractivity (Wildman–Crippen MR) is 143 cm³/mol. The van der Waals surface area contributed by atoms with E-state index in [-0.39, 0.29) is 11.7 Å². The number of aromatic nitrogens is 2. The molecule has 8 nitrogen and oxygen atoms in total. The molecule has 0 saturated carbocycles. The summed E-state index contributed by atoms with van der Waals surface area (Å²) in [6, 6.07) is 16.1. The number of hydrogen-bond donors (Lipinski definition) is 3. The van der Waals surface area contributed by atoms with E-state index in [4.69, 9.17) is 9.47 Å². The van der Waals surface area contributed by atoms with Crippen molar-refractivity contribution in [1.82, 2.24) is 9.97 Å². The van der Waals surface area contributed by atoms with Gasteiger partial charge >= 0.3 is 12.2 Å². The first kappa shape index (κ1) is 27.2. The van der Waals surface area contributed by atoms with Crippen LogP contribution in [0.4, 0.5) is 35.2 Å². The third kappa shape index (κ3) is 6.95. The summed E-state index contributed by atoms with van der Waals surface area (Å²) in [5.74, 6) is 1.72. The van der Waals surface area contributed by atoms with Crippen molar-refractivity contribution in [3.05, 3.63) is 90.3 Å². The molecule has 1 atom stereocenters. The van der Waals surface area contributed by atoms with E-state index in [1.54, 1.807) is 50.9 Å². The Labute approximate surface area is 223 Å². The summed E-state index contributed by atoms with van der Waals surface area (Å²) in [6.45, 7) is 1.92. The number of methoxy groups -OCH3 is 2. The maximum atomic E-state index is 12.9. The lowest BCUT2D eigenvalue weighted by molar-refractivity contribution is -0.137. The number of hydrogen-bond acceptors (Lipinski definition) is 6. The number of nitrogens with zero attached hydrogens (tertiary/aromatic N) is 2. The van der Waals surface area contributed by atoms with Crippen molar-refractivity contribution < 1.29 is 27.4 Å². The van der Waals surface area contributed by atoms with Gasteiger partial charge in [0.05, 0.1) is 43.9 Å². The van der Waals surface area contributed by atoms with E-state index in [1.165, 1.54) is 12.1 Å². The maximum absolute atomic E-state index is 12.9. The van der Waals surface area contributed by atoms with Crippen LogP contribution in [0.3, 0.4) is 0 Å². The third-order valence-corrected chi connectivity index (χ3v) is 5.77. The Hall–Kier alpha value is -4.80. The number of rotatable bonds is 8. The van der Waals surface area contributed by atoms with Crippen molar-refractivity contribution >= 4 is 23.2 Å². The van der Waals surface area contributed by atoms with Gasteiger partial charge in [0.2, 0.25) is 0 Å². The molecule has 3 aromatic carbocycles. The lowest BCUT2D eigenvalue weighted by Crippen LogP contribution is -2.20. The molecule has 11 heteroatoms. The molecule has 1 heterocycles. The number of alkyl halides is 3. The summed E-state index contributed by atoms with van der Waals surface area (Å²) in [6.07, 6.45) is -1.26. The van der Waals surface area contributed by atoms with E-state index < -0.39 is 17.8 Å². The fraction of sp³-hybridized carbons (Fsp3) is 0.179. The molecule has 2 amide bonds. The number of benzene rings is 3. The minimum atomic E-state index is -4.50. The van der Waals surface area contributed by atoms with E-state index in [0.29, 0.717) is 28.7 Å². The van der Waals surface area contributed by atoms with Gasteiger partial charge in [0.15, 0.2) is 11.5 Å². The van der Waals surface area contributed by atoms with Gasteiger partial charge in [0.1, 0.15) is 5.82 Å². The molecule has 0 aliphatic heterocycles. The molecule has 0 radical (unpaired) electrons. The van der Waals surface area contributed by atoms with Crippen LogP contribution in [-0.2, 0) is 6.18 Å². The van der Waals surface area contributed by atoms with Gasteiger partial charge in [0, 0.05) is 16.9 Å². The Morgan fingerprint density at radius 1 is 0.872 bits per heavy atom. The molecule has 0 fully saturated rings. The molecule has 0 aliphatic rings. The Morgan fingerprint density at radius 3 is 2.26 bits per heavy atom. The molecule has 3 N–H and O–H groups in total. The second-order valence-electron chi connectivity index (χ2n) is 8.51. The van der Waals surface area contributed by atoms with E-state index in [1.807, 2.05) is 25.1 Å². The normalized spacial score (nSPS) is 11.8. The zero-order valence-electron chi connectivity index (χ0n) is 21.3. The van der Waals surface area contributed by atoms with Gasteiger partial charge in [-0.3, -0.25) is 4.98 Å². The van der Waals surface area contributed by atoms with E-state index in [0.717, 1.165) is 23.3 Å². The fourth-order valence-electron chi connectivity index (χ4n) is 3.83. The first-order valence-electron chi connectivity index (χ1n) is 11.8. The monoisotopic (exact) mass is 537 g/mol. The number of ether oxygens (including phenoxy) is 2. The summed E-state index contributed by atoms with van der Waals surface area (Å²) < 4.78 is 49.5. The van der Waals surface area contributed by atoms with Crippen LogP contribution in [0.1, 0.15) is 24.1 Å². The second-order valence-corrected chi connectivity index (χ2v) is 8.51. The van der Waals surface area contributed by atoms with Crippen LogP contribution in [-0.4, -0.2) is 30.2 Å². The van der Waals surface area contributed by atoms with Gasteiger partial charge in [-0.1, -0.05) is 18.2 Å².